The van der Waals surface area contributed by atoms with Gasteiger partial charge in [-0.2, -0.15) is 0 Å². The highest BCUT2D eigenvalue weighted by molar-refractivity contribution is 6.04. The molecule has 0 fully saturated rings. The Hall–Kier alpha value is -1.95. The molecular weight excluding hydrogens is 282 g/mol. The van der Waals surface area contributed by atoms with Crippen LogP contribution < -0.4 is 5.32 Å². The lowest BCUT2D eigenvalue weighted by Gasteiger charge is -2.28. The first-order chi connectivity index (χ1) is 10.4. The SMILES string of the molecule is COCCNC(=O)C(C)(C)C(=O)N(C)CCc1ccncc1. The lowest BCUT2D eigenvalue weighted by molar-refractivity contribution is -0.147. The van der Waals surface area contributed by atoms with Crippen LogP contribution in [0.5, 0.6) is 0 Å². The van der Waals surface area contributed by atoms with E-state index in [1.54, 1.807) is 45.3 Å². The van der Waals surface area contributed by atoms with Crippen molar-refractivity contribution < 1.29 is 14.3 Å². The first kappa shape index (κ1) is 18.1. The van der Waals surface area contributed by atoms with E-state index in [4.69, 9.17) is 4.74 Å². The normalized spacial score (nSPS) is 11.1. The molecule has 0 saturated heterocycles. The molecule has 0 atom stereocenters. The van der Waals surface area contributed by atoms with Crippen molar-refractivity contribution in [3.8, 4) is 0 Å². The van der Waals surface area contributed by atoms with Crippen molar-refractivity contribution in [2.45, 2.75) is 20.3 Å². The standard InChI is InChI=1S/C16H25N3O3/c1-16(2,14(20)18-10-12-22-4)15(21)19(3)11-7-13-5-8-17-9-6-13/h5-6,8-9H,7,10-12H2,1-4H3,(H,18,20). The number of ether oxygens (including phenoxy) is 1. The van der Waals surface area contributed by atoms with Crippen LogP contribution in [-0.4, -0.2) is 55.6 Å². The Morgan fingerprint density at radius 3 is 2.55 bits per heavy atom. The molecule has 2 amide bonds. The maximum absolute atomic E-state index is 12.5. The maximum Gasteiger partial charge on any atom is 0.237 e. The highest BCUT2D eigenvalue weighted by atomic mass is 16.5. The van der Waals surface area contributed by atoms with E-state index in [9.17, 15) is 9.59 Å². The van der Waals surface area contributed by atoms with Gasteiger partial charge in [0.05, 0.1) is 6.61 Å². The van der Waals surface area contributed by atoms with Gasteiger partial charge in [-0.05, 0) is 38.0 Å². The zero-order valence-corrected chi connectivity index (χ0v) is 13.8. The molecule has 1 aromatic rings. The van der Waals surface area contributed by atoms with Gasteiger partial charge >= 0.3 is 0 Å². The molecule has 22 heavy (non-hydrogen) atoms. The average Bonchev–Trinajstić information content (AvgIpc) is 2.52. The van der Waals surface area contributed by atoms with Crippen LogP contribution in [-0.2, 0) is 20.7 Å². The van der Waals surface area contributed by atoms with E-state index in [-0.39, 0.29) is 11.8 Å². The van der Waals surface area contributed by atoms with Crippen LogP contribution in [0.2, 0.25) is 0 Å². The van der Waals surface area contributed by atoms with Crippen molar-refractivity contribution in [1.29, 1.82) is 0 Å². The van der Waals surface area contributed by atoms with Crippen LogP contribution in [0.3, 0.4) is 0 Å². The minimum Gasteiger partial charge on any atom is -0.383 e. The number of methoxy groups -OCH3 is 1. The fraction of sp³-hybridized carbons (Fsp3) is 0.562. The molecule has 0 aliphatic heterocycles. The van der Waals surface area contributed by atoms with Gasteiger partial charge in [-0.25, -0.2) is 0 Å². The third-order valence-corrected chi connectivity index (χ3v) is 3.53. The molecule has 1 aromatic heterocycles. The molecule has 6 heteroatoms. The van der Waals surface area contributed by atoms with Gasteiger partial charge in [0.1, 0.15) is 5.41 Å². The summed E-state index contributed by atoms with van der Waals surface area (Å²) in [7, 11) is 3.28. The first-order valence-electron chi connectivity index (χ1n) is 7.31. The predicted octanol–water partition coefficient (Wildman–Crippen LogP) is 0.871. The molecule has 0 unspecified atom stereocenters. The van der Waals surface area contributed by atoms with Crippen molar-refractivity contribution in [2.75, 3.05) is 33.9 Å². The molecule has 0 radical (unpaired) electrons. The van der Waals surface area contributed by atoms with E-state index in [0.29, 0.717) is 19.7 Å². The molecule has 0 saturated carbocycles. The summed E-state index contributed by atoms with van der Waals surface area (Å²) < 4.78 is 4.89. The van der Waals surface area contributed by atoms with Crippen LogP contribution in [0.15, 0.2) is 24.5 Å². The fourth-order valence-corrected chi connectivity index (χ4v) is 2.01. The Morgan fingerprint density at radius 1 is 1.32 bits per heavy atom. The Kier molecular flexibility index (Phi) is 6.98. The number of carbonyl (C=O) groups is 2. The Bertz CT molecular complexity index is 489. The summed E-state index contributed by atoms with van der Waals surface area (Å²) in [6, 6.07) is 3.84. The van der Waals surface area contributed by atoms with Crippen molar-refractivity contribution in [3.63, 3.8) is 0 Å². The van der Waals surface area contributed by atoms with E-state index in [1.807, 2.05) is 12.1 Å². The van der Waals surface area contributed by atoms with Crippen LogP contribution in [0, 0.1) is 5.41 Å². The van der Waals surface area contributed by atoms with E-state index in [1.165, 1.54) is 0 Å². The topological polar surface area (TPSA) is 71.5 Å². The van der Waals surface area contributed by atoms with Gasteiger partial charge in [-0.3, -0.25) is 14.6 Å². The van der Waals surface area contributed by atoms with Crippen molar-refractivity contribution in [2.24, 2.45) is 5.41 Å². The van der Waals surface area contributed by atoms with E-state index in [2.05, 4.69) is 10.3 Å². The van der Waals surface area contributed by atoms with Gasteiger partial charge < -0.3 is 15.0 Å². The maximum atomic E-state index is 12.5. The van der Waals surface area contributed by atoms with Crippen molar-refractivity contribution in [3.05, 3.63) is 30.1 Å². The summed E-state index contributed by atoms with van der Waals surface area (Å²) in [6.45, 7) is 4.65. The highest BCUT2D eigenvalue weighted by Gasteiger charge is 2.37. The third kappa shape index (κ3) is 5.11. The lowest BCUT2D eigenvalue weighted by Crippen LogP contribution is -2.49. The quantitative estimate of drug-likeness (QED) is 0.571. The Balaban J connectivity index is 2.54. The van der Waals surface area contributed by atoms with Crippen LogP contribution in [0.4, 0.5) is 0 Å². The van der Waals surface area contributed by atoms with Crippen LogP contribution in [0.25, 0.3) is 0 Å². The van der Waals surface area contributed by atoms with Gasteiger partial charge in [0.2, 0.25) is 11.8 Å². The molecule has 1 rings (SSSR count). The number of rotatable bonds is 8. The van der Waals surface area contributed by atoms with Gasteiger partial charge in [-0.1, -0.05) is 0 Å². The second kappa shape index (κ2) is 8.48. The Morgan fingerprint density at radius 2 is 1.95 bits per heavy atom. The van der Waals surface area contributed by atoms with Gasteiger partial charge in [-0.15, -0.1) is 0 Å². The fourth-order valence-electron chi connectivity index (χ4n) is 2.01. The number of carbonyl (C=O) groups excluding carboxylic acids is 2. The van der Waals surface area contributed by atoms with E-state index < -0.39 is 5.41 Å². The minimum atomic E-state index is -1.10. The minimum absolute atomic E-state index is 0.198. The van der Waals surface area contributed by atoms with Crippen molar-refractivity contribution >= 4 is 11.8 Å². The summed E-state index contributed by atoms with van der Waals surface area (Å²) >= 11 is 0. The Labute approximate surface area is 131 Å². The molecular formula is C16H25N3O3. The highest BCUT2D eigenvalue weighted by Crippen LogP contribution is 2.18. The first-order valence-corrected chi connectivity index (χ1v) is 7.31. The number of hydrogen-bond donors (Lipinski definition) is 1. The number of pyridine rings is 1. The lowest BCUT2D eigenvalue weighted by atomic mass is 9.90. The monoisotopic (exact) mass is 307 g/mol. The van der Waals surface area contributed by atoms with Crippen molar-refractivity contribution in [1.82, 2.24) is 15.2 Å². The van der Waals surface area contributed by atoms with Gasteiger partial charge in [0.25, 0.3) is 0 Å². The molecule has 122 valence electrons. The largest absolute Gasteiger partial charge is 0.383 e. The molecule has 6 nitrogen and oxygen atoms in total. The molecule has 0 aliphatic carbocycles. The molecule has 1 heterocycles. The molecule has 0 aromatic carbocycles. The van der Waals surface area contributed by atoms with Gasteiger partial charge in [0.15, 0.2) is 0 Å². The zero-order chi connectivity index (χ0) is 16.6. The van der Waals surface area contributed by atoms with Gasteiger partial charge in [0, 0.05) is 39.6 Å². The molecule has 0 aliphatic rings. The smallest absolute Gasteiger partial charge is 0.237 e. The number of nitrogens with one attached hydrogen (secondary N) is 1. The summed E-state index contributed by atoms with van der Waals surface area (Å²) in [4.78, 5) is 30.2. The summed E-state index contributed by atoms with van der Waals surface area (Å²) in [5, 5.41) is 2.71. The number of amides is 2. The van der Waals surface area contributed by atoms with Crippen LogP contribution in [0.1, 0.15) is 19.4 Å². The molecule has 0 bridgehead atoms. The number of likely N-dealkylation sites (N-methyl/N-ethyl adjacent to an activating group) is 1. The summed E-state index contributed by atoms with van der Waals surface area (Å²) in [6.07, 6.45) is 4.18. The third-order valence-electron chi connectivity index (χ3n) is 3.53. The average molecular weight is 307 g/mol. The summed E-state index contributed by atoms with van der Waals surface area (Å²) in [5.74, 6) is -0.484. The molecule has 0 spiro atoms. The summed E-state index contributed by atoms with van der Waals surface area (Å²) in [5.41, 5.74) is 0.0118. The van der Waals surface area contributed by atoms with E-state index in [0.717, 1.165) is 12.0 Å². The van der Waals surface area contributed by atoms with Crippen LogP contribution >= 0.6 is 0 Å². The second-order valence-corrected chi connectivity index (χ2v) is 5.71. The predicted molar refractivity (Wildman–Crippen MR) is 84.2 cm³/mol. The zero-order valence-electron chi connectivity index (χ0n) is 13.8. The van der Waals surface area contributed by atoms with E-state index >= 15 is 0 Å². The molecule has 1 N–H and O–H groups in total. The number of nitrogens with zero attached hydrogens (tertiary/aromatic N) is 2. The second-order valence-electron chi connectivity index (χ2n) is 5.71. The number of aromatic nitrogens is 1. The number of hydrogen-bond acceptors (Lipinski definition) is 4.